The third kappa shape index (κ3) is 3.98. The van der Waals surface area contributed by atoms with Gasteiger partial charge in [0.2, 0.25) is 0 Å². The molecule has 2 bridgehead atoms. The minimum atomic E-state index is -0.120. The predicted molar refractivity (Wildman–Crippen MR) is 150 cm³/mol. The highest BCUT2D eigenvalue weighted by Gasteiger charge is 2.46. The van der Waals surface area contributed by atoms with E-state index in [4.69, 9.17) is 10.7 Å². The molecule has 11 heteroatoms. The lowest BCUT2D eigenvalue weighted by Gasteiger charge is -2.40. The Kier molecular flexibility index (Phi) is 5.84. The van der Waals surface area contributed by atoms with E-state index >= 15 is 0 Å². The number of nitrogens with two attached hydrogens (primary N) is 1. The summed E-state index contributed by atoms with van der Waals surface area (Å²) in [5, 5.41) is 9.05. The highest BCUT2D eigenvalue weighted by Crippen LogP contribution is 2.45. The Bertz CT molecular complexity index is 1560. The molecular weight excluding hydrogens is 512 g/mol. The average molecular weight is 543 g/mol. The number of para-hydroxylation sites is 1. The van der Waals surface area contributed by atoms with Gasteiger partial charge >= 0.3 is 6.03 Å². The number of piperidine rings is 1. The van der Waals surface area contributed by atoms with E-state index in [2.05, 4.69) is 15.1 Å². The number of carbonyl (C=O) groups excluding carboxylic acids is 2. The van der Waals surface area contributed by atoms with Crippen LogP contribution in [-0.2, 0) is 0 Å². The van der Waals surface area contributed by atoms with E-state index in [1.165, 1.54) is 6.92 Å². The molecule has 1 unspecified atom stereocenters. The lowest BCUT2D eigenvalue weighted by atomic mass is 9.85. The zero-order chi connectivity index (χ0) is 26.7. The van der Waals surface area contributed by atoms with Crippen molar-refractivity contribution in [2.24, 2.45) is 0 Å². The molecule has 0 spiro atoms. The zero-order valence-electron chi connectivity index (χ0n) is 21.7. The Morgan fingerprint density at radius 2 is 1.82 bits per heavy atom. The van der Waals surface area contributed by atoms with Crippen LogP contribution in [0.4, 0.5) is 10.6 Å². The number of Topliss-reactive ketones (excluding diaryl/α,β-unsaturated/α-hetero) is 1. The van der Waals surface area contributed by atoms with Crippen LogP contribution >= 0.6 is 11.8 Å². The Morgan fingerprint density at radius 1 is 1.05 bits per heavy atom. The van der Waals surface area contributed by atoms with E-state index in [-0.39, 0.29) is 29.8 Å². The highest BCUT2D eigenvalue weighted by molar-refractivity contribution is 7.99. The van der Waals surface area contributed by atoms with Crippen LogP contribution < -0.4 is 5.73 Å². The van der Waals surface area contributed by atoms with Gasteiger partial charge in [-0.1, -0.05) is 18.2 Å². The molecule has 2 N–H and O–H groups in total. The number of thioether (sulfide) groups is 1. The summed E-state index contributed by atoms with van der Waals surface area (Å²) in [4.78, 5) is 35.4. The van der Waals surface area contributed by atoms with E-state index in [9.17, 15) is 9.59 Å². The normalized spacial score (nSPS) is 22.6. The van der Waals surface area contributed by atoms with Gasteiger partial charge in [0.1, 0.15) is 5.82 Å². The Hall–Kier alpha value is -3.86. The molecule has 3 aromatic heterocycles. The fourth-order valence-corrected chi connectivity index (χ4v) is 7.46. The van der Waals surface area contributed by atoms with Gasteiger partial charge in [0.15, 0.2) is 11.4 Å². The maximum atomic E-state index is 13.3. The van der Waals surface area contributed by atoms with E-state index in [0.29, 0.717) is 17.0 Å². The fraction of sp³-hybridized carbons (Fsp3) is 0.393. The molecule has 4 aromatic rings. The summed E-state index contributed by atoms with van der Waals surface area (Å²) in [6, 6.07) is 10.4. The van der Waals surface area contributed by atoms with Crippen LogP contribution in [0.1, 0.15) is 54.6 Å². The average Bonchev–Trinajstić information content (AvgIpc) is 3.74. The van der Waals surface area contributed by atoms with Gasteiger partial charge in [-0.05, 0) is 44.7 Å². The Labute approximate surface area is 230 Å². The van der Waals surface area contributed by atoms with Crippen LogP contribution in [0.5, 0.6) is 0 Å². The van der Waals surface area contributed by atoms with E-state index < -0.39 is 0 Å². The first-order valence-corrected chi connectivity index (χ1v) is 14.6. The fourth-order valence-electron chi connectivity index (χ4n) is 6.52. The lowest BCUT2D eigenvalue weighted by molar-refractivity contribution is 0.100. The summed E-state index contributed by atoms with van der Waals surface area (Å²) in [6.07, 6.45) is 9.00. The van der Waals surface area contributed by atoms with Crippen LogP contribution in [0.15, 0.2) is 48.9 Å². The number of aromatic nitrogens is 5. The number of nitrogen functional groups attached to an aromatic ring is 1. The highest BCUT2D eigenvalue weighted by atomic mass is 32.2. The van der Waals surface area contributed by atoms with Gasteiger partial charge in [0.25, 0.3) is 0 Å². The molecule has 3 fully saturated rings. The predicted octanol–water partition coefficient (Wildman–Crippen LogP) is 4.20. The van der Waals surface area contributed by atoms with E-state index in [1.807, 2.05) is 46.1 Å². The molecule has 1 aromatic carbocycles. The second-order valence-corrected chi connectivity index (χ2v) is 11.7. The van der Waals surface area contributed by atoms with Gasteiger partial charge in [-0.2, -0.15) is 14.7 Å². The summed E-state index contributed by atoms with van der Waals surface area (Å²) in [6.45, 7) is 2.35. The second-order valence-electron chi connectivity index (χ2n) is 10.7. The molecule has 7 rings (SSSR count). The van der Waals surface area contributed by atoms with Crippen molar-refractivity contribution in [1.29, 1.82) is 0 Å². The van der Waals surface area contributed by atoms with E-state index in [0.717, 1.165) is 66.4 Å². The molecule has 39 heavy (non-hydrogen) atoms. The van der Waals surface area contributed by atoms with Crippen molar-refractivity contribution < 1.29 is 9.59 Å². The number of benzene rings is 1. The van der Waals surface area contributed by atoms with Crippen molar-refractivity contribution in [3.63, 3.8) is 0 Å². The number of hydrogen-bond acceptors (Lipinski definition) is 7. The quantitative estimate of drug-likeness (QED) is 0.384. The number of anilines is 1. The van der Waals surface area contributed by atoms with Gasteiger partial charge < -0.3 is 15.5 Å². The summed E-state index contributed by atoms with van der Waals surface area (Å²) >= 11 is 1.81. The molecular formula is C28H30N8O2S. The minimum Gasteiger partial charge on any atom is -0.383 e. The summed E-state index contributed by atoms with van der Waals surface area (Å²) in [5.74, 6) is 2.00. The van der Waals surface area contributed by atoms with Crippen molar-refractivity contribution in [3.8, 4) is 16.8 Å². The first-order chi connectivity index (χ1) is 19.0. The molecule has 10 nitrogen and oxygen atoms in total. The number of hydrogen-bond donors (Lipinski definition) is 1. The number of amides is 2. The van der Waals surface area contributed by atoms with Crippen LogP contribution in [0.25, 0.3) is 22.5 Å². The summed E-state index contributed by atoms with van der Waals surface area (Å²) in [5.41, 5.74) is 11.0. The monoisotopic (exact) mass is 542 g/mol. The van der Waals surface area contributed by atoms with Crippen molar-refractivity contribution in [3.05, 3.63) is 60.2 Å². The van der Waals surface area contributed by atoms with Crippen LogP contribution in [0.3, 0.4) is 0 Å². The largest absolute Gasteiger partial charge is 0.383 e. The first kappa shape index (κ1) is 24.2. The second kappa shape index (κ2) is 9.41. The first-order valence-electron chi connectivity index (χ1n) is 13.4. The maximum Gasteiger partial charge on any atom is 0.321 e. The van der Waals surface area contributed by atoms with Crippen molar-refractivity contribution >= 4 is 35.0 Å². The molecule has 2 amide bonds. The third-order valence-electron chi connectivity index (χ3n) is 8.34. The molecule has 200 valence electrons. The number of ketones is 1. The molecule has 3 aliphatic heterocycles. The van der Waals surface area contributed by atoms with Crippen molar-refractivity contribution in [1.82, 2.24) is 34.2 Å². The molecule has 0 aliphatic carbocycles. The third-order valence-corrected chi connectivity index (χ3v) is 9.31. The molecule has 0 saturated carbocycles. The molecule has 0 radical (unpaired) electrons. The Morgan fingerprint density at radius 3 is 2.51 bits per heavy atom. The van der Waals surface area contributed by atoms with E-state index in [1.54, 1.807) is 28.7 Å². The molecule has 3 saturated heterocycles. The van der Waals surface area contributed by atoms with Gasteiger partial charge in [-0.3, -0.25) is 4.79 Å². The molecule has 6 heterocycles. The Balaban J connectivity index is 1.26. The molecule has 3 atom stereocenters. The topological polar surface area (TPSA) is 115 Å². The standard InChI is InChI=1S/C28H30N8O2S/c1-17(37)24-25(18-11-21-7-8-22(12-18)35(21)28(38)33-9-10-39-16-33)32-27-23(14-31-36(27)26(24)29)19-13-30-34(15-19)20-5-3-2-4-6-20/h2-6,13-15,18,21-22H,7-12,16,29H2,1H3/t18?,21-,22+. The number of carbonyl (C=O) groups is 2. The van der Waals surface area contributed by atoms with Crippen molar-refractivity contribution in [2.45, 2.75) is 50.6 Å². The smallest absolute Gasteiger partial charge is 0.321 e. The molecule has 3 aliphatic rings. The minimum absolute atomic E-state index is 0.0421. The van der Waals surface area contributed by atoms with Crippen LogP contribution in [0.2, 0.25) is 0 Å². The van der Waals surface area contributed by atoms with Gasteiger partial charge in [0, 0.05) is 47.6 Å². The van der Waals surface area contributed by atoms with Gasteiger partial charge in [-0.25, -0.2) is 14.5 Å². The number of rotatable bonds is 4. The summed E-state index contributed by atoms with van der Waals surface area (Å²) < 4.78 is 3.38. The number of nitrogens with zero attached hydrogens (tertiary/aromatic N) is 7. The van der Waals surface area contributed by atoms with Crippen LogP contribution in [0, 0.1) is 0 Å². The van der Waals surface area contributed by atoms with Gasteiger partial charge in [-0.15, -0.1) is 11.8 Å². The summed E-state index contributed by atoms with van der Waals surface area (Å²) in [7, 11) is 0. The van der Waals surface area contributed by atoms with Crippen LogP contribution in [-0.4, -0.2) is 76.3 Å². The zero-order valence-corrected chi connectivity index (χ0v) is 22.5. The van der Waals surface area contributed by atoms with Crippen molar-refractivity contribution in [2.75, 3.05) is 23.9 Å². The SMILES string of the molecule is CC(=O)c1c(C2C[C@H]3CC[C@@H](C2)N3C(=O)N2CCSC2)nc2c(-c3cnn(-c4ccccc4)c3)cnn2c1N. The maximum absolute atomic E-state index is 13.3. The number of urea groups is 1. The van der Waals surface area contributed by atoms with Gasteiger partial charge in [0.05, 0.1) is 35.2 Å². The number of fused-ring (bicyclic) bond motifs is 3. The lowest BCUT2D eigenvalue weighted by Crippen LogP contribution is -2.51.